The predicted molar refractivity (Wildman–Crippen MR) is 87.9 cm³/mol. The number of allylic oxidation sites excluding steroid dienone is 1. The molecule has 0 saturated heterocycles. The molecular weight excluding hydrogens is 300 g/mol. The highest BCUT2D eigenvalue weighted by atomic mass is 32.2. The lowest BCUT2D eigenvalue weighted by Crippen LogP contribution is -2.29. The molecule has 1 atom stereocenters. The Balaban J connectivity index is 1.94. The van der Waals surface area contributed by atoms with Crippen LogP contribution in [0.1, 0.15) is 37.8 Å². The van der Waals surface area contributed by atoms with Crippen LogP contribution in [0.5, 0.6) is 0 Å². The molecule has 2 N–H and O–H groups in total. The van der Waals surface area contributed by atoms with Crippen molar-refractivity contribution < 1.29 is 13.2 Å². The number of sulfonamides is 1. The van der Waals surface area contributed by atoms with Crippen LogP contribution in [-0.2, 0) is 14.8 Å². The smallest absolute Gasteiger partial charge is 0.227 e. The van der Waals surface area contributed by atoms with Crippen LogP contribution >= 0.6 is 0 Å². The van der Waals surface area contributed by atoms with E-state index in [0.29, 0.717) is 6.42 Å². The summed E-state index contributed by atoms with van der Waals surface area (Å²) in [4.78, 5) is 11.7. The van der Waals surface area contributed by atoms with Crippen molar-refractivity contribution in [3.8, 4) is 0 Å². The van der Waals surface area contributed by atoms with Crippen LogP contribution in [0.2, 0.25) is 0 Å². The molecule has 2 rings (SSSR count). The Morgan fingerprint density at radius 3 is 2.55 bits per heavy atom. The van der Waals surface area contributed by atoms with E-state index in [-0.39, 0.29) is 23.6 Å². The second-order valence-corrected chi connectivity index (χ2v) is 7.49. The van der Waals surface area contributed by atoms with Crippen molar-refractivity contribution in [1.29, 1.82) is 0 Å². The average molecular weight is 322 g/mol. The summed E-state index contributed by atoms with van der Waals surface area (Å²) in [6.45, 7) is 5.32. The Labute approximate surface area is 131 Å². The van der Waals surface area contributed by atoms with E-state index < -0.39 is 10.0 Å². The third-order valence-corrected chi connectivity index (χ3v) is 5.06. The monoisotopic (exact) mass is 322 g/mol. The topological polar surface area (TPSA) is 75.3 Å². The van der Waals surface area contributed by atoms with Gasteiger partial charge in [0.15, 0.2) is 0 Å². The number of rotatable bonds is 8. The fourth-order valence-corrected chi connectivity index (χ4v) is 3.35. The molecule has 1 amide bonds. The van der Waals surface area contributed by atoms with E-state index in [2.05, 4.69) is 16.6 Å². The molecule has 1 aromatic rings. The van der Waals surface area contributed by atoms with Gasteiger partial charge in [-0.2, -0.15) is 0 Å². The summed E-state index contributed by atoms with van der Waals surface area (Å²) < 4.78 is 26.3. The summed E-state index contributed by atoms with van der Waals surface area (Å²) >= 11 is 0. The summed E-state index contributed by atoms with van der Waals surface area (Å²) in [6.07, 6.45) is 3.94. The molecule has 1 fully saturated rings. The summed E-state index contributed by atoms with van der Waals surface area (Å²) in [5.41, 5.74) is 1.59. The molecule has 0 spiro atoms. The van der Waals surface area contributed by atoms with Crippen molar-refractivity contribution in [2.75, 3.05) is 11.1 Å². The summed E-state index contributed by atoms with van der Waals surface area (Å²) in [5.74, 6) is 0.261. The Hall–Kier alpha value is -1.66. The fourth-order valence-electron chi connectivity index (χ4n) is 2.08. The fraction of sp³-hybridized carbons (Fsp3) is 0.438. The van der Waals surface area contributed by atoms with Crippen molar-refractivity contribution in [2.45, 2.75) is 32.2 Å². The summed E-state index contributed by atoms with van der Waals surface area (Å²) in [5, 5.41) is 2.86. The molecule has 6 heteroatoms. The minimum atomic E-state index is -3.31. The highest BCUT2D eigenvalue weighted by Gasteiger charge is 2.29. The van der Waals surface area contributed by atoms with Gasteiger partial charge in [0, 0.05) is 17.6 Å². The first-order chi connectivity index (χ1) is 10.4. The van der Waals surface area contributed by atoms with E-state index in [1.165, 1.54) is 0 Å². The molecule has 1 aliphatic carbocycles. The maximum atomic E-state index is 11.9. The molecule has 22 heavy (non-hydrogen) atoms. The average Bonchev–Trinajstić information content (AvgIpc) is 3.30. The Bertz CT molecular complexity index is 634. The first-order valence-electron chi connectivity index (χ1n) is 7.43. The standard InChI is InChI=1S/C16H22N2O3S/c1-3-4-11-22(20,21)18-12(2)13-7-9-15(10-8-13)17-16(19)14-5-6-14/h3,7-10,12,14,18H,1,4-6,11H2,2H3,(H,17,19)/t12-/m0/s1. The molecule has 0 bridgehead atoms. The Morgan fingerprint density at radius 1 is 1.36 bits per heavy atom. The molecule has 1 aromatic carbocycles. The molecule has 1 saturated carbocycles. The zero-order valence-electron chi connectivity index (χ0n) is 12.7. The van der Waals surface area contributed by atoms with Crippen LogP contribution in [-0.4, -0.2) is 20.1 Å². The Morgan fingerprint density at radius 2 is 2.00 bits per heavy atom. The number of hydrogen-bond donors (Lipinski definition) is 2. The summed E-state index contributed by atoms with van der Waals surface area (Å²) in [6, 6.07) is 6.92. The first-order valence-corrected chi connectivity index (χ1v) is 9.08. The zero-order chi connectivity index (χ0) is 16.2. The van der Waals surface area contributed by atoms with Crippen molar-refractivity contribution >= 4 is 21.6 Å². The van der Waals surface area contributed by atoms with Crippen LogP contribution in [0, 0.1) is 5.92 Å². The van der Waals surface area contributed by atoms with Gasteiger partial charge in [0.25, 0.3) is 0 Å². The van der Waals surface area contributed by atoms with Gasteiger partial charge in [-0.3, -0.25) is 4.79 Å². The van der Waals surface area contributed by atoms with Crippen molar-refractivity contribution in [2.24, 2.45) is 5.92 Å². The largest absolute Gasteiger partial charge is 0.326 e. The number of anilines is 1. The van der Waals surface area contributed by atoms with Crippen molar-refractivity contribution in [3.05, 3.63) is 42.5 Å². The molecule has 120 valence electrons. The number of nitrogens with one attached hydrogen (secondary N) is 2. The number of benzene rings is 1. The van der Waals surface area contributed by atoms with E-state index in [1.807, 2.05) is 12.1 Å². The van der Waals surface area contributed by atoms with Crippen LogP contribution < -0.4 is 10.0 Å². The minimum Gasteiger partial charge on any atom is -0.326 e. The lowest BCUT2D eigenvalue weighted by atomic mass is 10.1. The van der Waals surface area contributed by atoms with Gasteiger partial charge in [-0.25, -0.2) is 13.1 Å². The molecule has 0 heterocycles. The maximum Gasteiger partial charge on any atom is 0.227 e. The van der Waals surface area contributed by atoms with Gasteiger partial charge < -0.3 is 5.32 Å². The van der Waals surface area contributed by atoms with Gasteiger partial charge in [0.1, 0.15) is 0 Å². The minimum absolute atomic E-state index is 0.0381. The lowest BCUT2D eigenvalue weighted by molar-refractivity contribution is -0.117. The van der Waals surface area contributed by atoms with E-state index in [4.69, 9.17) is 0 Å². The Kier molecular flexibility index (Phi) is 5.37. The highest BCUT2D eigenvalue weighted by Crippen LogP contribution is 2.30. The van der Waals surface area contributed by atoms with Crippen LogP contribution in [0.4, 0.5) is 5.69 Å². The number of amides is 1. The van der Waals surface area contributed by atoms with Gasteiger partial charge in [-0.1, -0.05) is 18.2 Å². The number of hydrogen-bond acceptors (Lipinski definition) is 3. The normalized spacial score (nSPS) is 16.0. The third-order valence-electron chi connectivity index (χ3n) is 3.57. The molecular formula is C16H22N2O3S. The number of carbonyl (C=O) groups is 1. The first kappa shape index (κ1) is 16.7. The van der Waals surface area contributed by atoms with E-state index in [0.717, 1.165) is 24.1 Å². The van der Waals surface area contributed by atoms with Crippen molar-refractivity contribution in [3.63, 3.8) is 0 Å². The SMILES string of the molecule is C=CCCS(=O)(=O)N[C@@H](C)c1ccc(NC(=O)C2CC2)cc1. The zero-order valence-corrected chi connectivity index (χ0v) is 13.5. The summed E-state index contributed by atoms with van der Waals surface area (Å²) in [7, 11) is -3.31. The van der Waals surface area contributed by atoms with Gasteiger partial charge in [-0.05, 0) is 43.9 Å². The maximum absolute atomic E-state index is 11.9. The van der Waals surface area contributed by atoms with Crippen LogP contribution in [0.25, 0.3) is 0 Å². The lowest BCUT2D eigenvalue weighted by Gasteiger charge is -2.15. The van der Waals surface area contributed by atoms with Gasteiger partial charge >= 0.3 is 0 Å². The van der Waals surface area contributed by atoms with Gasteiger partial charge in [0.2, 0.25) is 15.9 Å². The van der Waals surface area contributed by atoms with E-state index in [9.17, 15) is 13.2 Å². The quantitative estimate of drug-likeness (QED) is 0.722. The third kappa shape index (κ3) is 4.96. The van der Waals surface area contributed by atoms with Crippen LogP contribution in [0.15, 0.2) is 36.9 Å². The van der Waals surface area contributed by atoms with E-state index >= 15 is 0 Å². The molecule has 0 radical (unpaired) electrons. The van der Waals surface area contributed by atoms with Crippen molar-refractivity contribution in [1.82, 2.24) is 4.72 Å². The molecule has 1 aliphatic rings. The second-order valence-electron chi connectivity index (χ2n) is 5.62. The van der Waals surface area contributed by atoms with Gasteiger partial charge in [-0.15, -0.1) is 6.58 Å². The molecule has 5 nitrogen and oxygen atoms in total. The molecule has 0 aromatic heterocycles. The van der Waals surface area contributed by atoms with E-state index in [1.54, 1.807) is 25.1 Å². The second kappa shape index (κ2) is 7.07. The highest BCUT2D eigenvalue weighted by molar-refractivity contribution is 7.89. The van der Waals surface area contributed by atoms with Crippen LogP contribution in [0.3, 0.4) is 0 Å². The predicted octanol–water partition coefficient (Wildman–Crippen LogP) is 2.59. The molecule has 0 aliphatic heterocycles. The molecule has 0 unspecified atom stereocenters. The number of carbonyl (C=O) groups excluding carboxylic acids is 1. The van der Waals surface area contributed by atoms with Gasteiger partial charge in [0.05, 0.1) is 5.75 Å².